The van der Waals surface area contributed by atoms with E-state index in [0.29, 0.717) is 5.82 Å². The van der Waals surface area contributed by atoms with Crippen molar-refractivity contribution in [2.45, 2.75) is 5.16 Å². The number of thioether (sulfide) groups is 1. The van der Waals surface area contributed by atoms with E-state index in [9.17, 15) is 10.1 Å². The minimum absolute atomic E-state index is 0.0669. The van der Waals surface area contributed by atoms with E-state index < -0.39 is 4.92 Å². The second-order valence-electron chi connectivity index (χ2n) is 3.39. The Hall–Kier alpha value is -2.09. The van der Waals surface area contributed by atoms with E-state index in [1.54, 1.807) is 28.6 Å². The molecule has 0 unspecified atom stereocenters. The third-order valence-electron chi connectivity index (χ3n) is 2.39. The van der Waals surface area contributed by atoms with Crippen molar-refractivity contribution in [3.63, 3.8) is 0 Å². The van der Waals surface area contributed by atoms with Crippen molar-refractivity contribution in [1.82, 2.24) is 14.9 Å². The van der Waals surface area contributed by atoms with Crippen LogP contribution in [0.2, 0.25) is 0 Å². The largest absolute Gasteiger partial charge is 0.312 e. The number of nitrogens with zero attached hydrogens (tertiary/aromatic N) is 4. The van der Waals surface area contributed by atoms with Gasteiger partial charge in [0, 0.05) is 17.7 Å². The van der Waals surface area contributed by atoms with E-state index in [1.165, 1.54) is 12.1 Å². The molecule has 1 aromatic carbocycles. The fourth-order valence-electron chi connectivity index (χ4n) is 1.59. The Morgan fingerprint density at radius 2 is 2.12 bits per heavy atom. The Morgan fingerprint density at radius 1 is 1.35 bits per heavy atom. The number of fused-ring (bicyclic) bond motifs is 1. The minimum atomic E-state index is -0.424. The number of rotatable bonds is 2. The number of non-ortho nitro benzene ring substituents is 1. The zero-order valence-electron chi connectivity index (χ0n) is 8.53. The van der Waals surface area contributed by atoms with Crippen LogP contribution in [0.5, 0.6) is 0 Å². The van der Waals surface area contributed by atoms with Gasteiger partial charge in [-0.1, -0.05) is 11.8 Å². The summed E-state index contributed by atoms with van der Waals surface area (Å²) in [7, 11) is 0. The molecule has 0 bridgehead atoms. The maximum atomic E-state index is 10.5. The summed E-state index contributed by atoms with van der Waals surface area (Å²) in [4.78, 5) is 10.1. The maximum absolute atomic E-state index is 10.5. The topological polar surface area (TPSA) is 85.9 Å². The van der Waals surface area contributed by atoms with Crippen LogP contribution in [0.1, 0.15) is 0 Å². The monoisotopic (exact) mass is 249 g/mol. The lowest BCUT2D eigenvalue weighted by molar-refractivity contribution is -0.384. The highest BCUT2D eigenvalue weighted by Crippen LogP contribution is 2.27. The number of benzene rings is 1. The summed E-state index contributed by atoms with van der Waals surface area (Å²) in [6, 6.07) is 6.25. The molecule has 17 heavy (non-hydrogen) atoms. The molecular weight excluding hydrogens is 242 g/mol. The first-order valence-electron chi connectivity index (χ1n) is 4.82. The molecule has 2 aromatic rings. The molecular formula is C9H7N5O2S. The Bertz CT molecular complexity index is 580. The molecule has 0 saturated carbocycles. The SMILES string of the molecule is O=[N+]([O-])c1ccc(-c2nnc3n2NCS3)cc1. The summed E-state index contributed by atoms with van der Waals surface area (Å²) in [5.41, 5.74) is 3.97. The van der Waals surface area contributed by atoms with Gasteiger partial charge < -0.3 is 5.43 Å². The molecule has 0 amide bonds. The van der Waals surface area contributed by atoms with E-state index in [2.05, 4.69) is 15.6 Å². The highest BCUT2D eigenvalue weighted by Gasteiger charge is 2.19. The zero-order valence-corrected chi connectivity index (χ0v) is 9.35. The molecule has 0 spiro atoms. The summed E-state index contributed by atoms with van der Waals surface area (Å²) in [6.07, 6.45) is 0. The van der Waals surface area contributed by atoms with Gasteiger partial charge in [0.1, 0.15) is 0 Å². The molecule has 1 N–H and O–H groups in total. The molecule has 0 radical (unpaired) electrons. The van der Waals surface area contributed by atoms with Crippen LogP contribution in [0.25, 0.3) is 11.4 Å². The lowest BCUT2D eigenvalue weighted by Gasteiger charge is -2.02. The first kappa shape index (κ1) is 10.1. The van der Waals surface area contributed by atoms with Crippen LogP contribution in [0.15, 0.2) is 29.4 Å². The quantitative estimate of drug-likeness (QED) is 0.640. The van der Waals surface area contributed by atoms with Crippen molar-refractivity contribution in [1.29, 1.82) is 0 Å². The van der Waals surface area contributed by atoms with E-state index in [-0.39, 0.29) is 5.69 Å². The number of hydrogen-bond donors (Lipinski definition) is 1. The molecule has 0 saturated heterocycles. The van der Waals surface area contributed by atoms with Crippen LogP contribution < -0.4 is 5.43 Å². The van der Waals surface area contributed by atoms with Crippen molar-refractivity contribution < 1.29 is 4.92 Å². The summed E-state index contributed by atoms with van der Waals surface area (Å²) in [5, 5.41) is 19.4. The standard InChI is InChI=1S/C9H7N5O2S/c15-14(16)7-3-1-6(2-4-7)8-11-12-9-13(8)10-5-17-9/h1-4,10H,5H2. The van der Waals surface area contributed by atoms with Crippen LogP contribution in [-0.2, 0) is 0 Å². The van der Waals surface area contributed by atoms with Gasteiger partial charge in [0.05, 0.1) is 10.8 Å². The van der Waals surface area contributed by atoms with Gasteiger partial charge in [-0.05, 0) is 12.1 Å². The summed E-state index contributed by atoms with van der Waals surface area (Å²) < 4.78 is 1.78. The average molecular weight is 249 g/mol. The van der Waals surface area contributed by atoms with Gasteiger partial charge in [-0.15, -0.1) is 10.2 Å². The number of aromatic nitrogens is 3. The molecule has 2 heterocycles. The fourth-order valence-corrected chi connectivity index (χ4v) is 2.29. The number of nitro benzene ring substituents is 1. The molecule has 0 fully saturated rings. The molecule has 0 atom stereocenters. The Morgan fingerprint density at radius 3 is 2.82 bits per heavy atom. The lowest BCUT2D eigenvalue weighted by atomic mass is 10.2. The minimum Gasteiger partial charge on any atom is -0.312 e. The second-order valence-corrected chi connectivity index (χ2v) is 4.33. The van der Waals surface area contributed by atoms with E-state index >= 15 is 0 Å². The van der Waals surface area contributed by atoms with Crippen molar-refractivity contribution >= 4 is 17.4 Å². The summed E-state index contributed by atoms with van der Waals surface area (Å²) in [5.74, 6) is 1.42. The van der Waals surface area contributed by atoms with E-state index in [1.807, 2.05) is 0 Å². The Labute approximate surface area is 100.0 Å². The van der Waals surface area contributed by atoms with Gasteiger partial charge in [-0.2, -0.15) is 0 Å². The van der Waals surface area contributed by atoms with Crippen molar-refractivity contribution in [3.05, 3.63) is 34.4 Å². The Kier molecular flexibility index (Phi) is 2.22. The number of hydrogen-bond acceptors (Lipinski definition) is 6. The average Bonchev–Trinajstić information content (AvgIpc) is 2.90. The van der Waals surface area contributed by atoms with Crippen molar-refractivity contribution in [3.8, 4) is 11.4 Å². The lowest BCUT2D eigenvalue weighted by Crippen LogP contribution is -2.09. The zero-order chi connectivity index (χ0) is 11.8. The van der Waals surface area contributed by atoms with Gasteiger partial charge in [0.25, 0.3) is 5.69 Å². The van der Waals surface area contributed by atoms with E-state index in [4.69, 9.17) is 0 Å². The third kappa shape index (κ3) is 1.62. The Balaban J connectivity index is 2.01. The summed E-state index contributed by atoms with van der Waals surface area (Å²) in [6.45, 7) is 0. The van der Waals surface area contributed by atoms with Crippen molar-refractivity contribution in [2.75, 3.05) is 11.3 Å². The van der Waals surface area contributed by atoms with Gasteiger partial charge in [0.2, 0.25) is 5.16 Å². The highest BCUT2D eigenvalue weighted by molar-refractivity contribution is 7.99. The van der Waals surface area contributed by atoms with E-state index in [0.717, 1.165) is 16.6 Å². The normalized spacial score (nSPS) is 13.2. The van der Waals surface area contributed by atoms with Crippen LogP contribution >= 0.6 is 11.8 Å². The highest BCUT2D eigenvalue weighted by atomic mass is 32.2. The first-order valence-corrected chi connectivity index (χ1v) is 5.81. The molecule has 1 aliphatic rings. The van der Waals surface area contributed by atoms with Gasteiger partial charge in [-0.25, -0.2) is 4.68 Å². The van der Waals surface area contributed by atoms with Crippen LogP contribution in [-0.4, -0.2) is 25.7 Å². The third-order valence-corrected chi connectivity index (χ3v) is 3.19. The predicted octanol–water partition coefficient (Wildman–Crippen LogP) is 1.46. The molecule has 8 heteroatoms. The first-order chi connectivity index (χ1) is 8.25. The molecule has 7 nitrogen and oxygen atoms in total. The van der Waals surface area contributed by atoms with Crippen LogP contribution in [0.4, 0.5) is 5.69 Å². The molecule has 1 aliphatic heterocycles. The molecule has 3 rings (SSSR count). The smallest absolute Gasteiger partial charge is 0.269 e. The van der Waals surface area contributed by atoms with Gasteiger partial charge in [0.15, 0.2) is 5.82 Å². The van der Waals surface area contributed by atoms with Crippen LogP contribution in [0, 0.1) is 10.1 Å². The second kappa shape index (κ2) is 3.74. The number of nitrogens with one attached hydrogen (secondary N) is 1. The van der Waals surface area contributed by atoms with Crippen LogP contribution in [0.3, 0.4) is 0 Å². The van der Waals surface area contributed by atoms with Crippen molar-refractivity contribution in [2.24, 2.45) is 0 Å². The molecule has 86 valence electrons. The maximum Gasteiger partial charge on any atom is 0.269 e. The number of nitro groups is 1. The molecule has 1 aromatic heterocycles. The molecule has 0 aliphatic carbocycles. The fraction of sp³-hybridized carbons (Fsp3) is 0.111. The van der Waals surface area contributed by atoms with Gasteiger partial charge >= 0.3 is 0 Å². The summed E-state index contributed by atoms with van der Waals surface area (Å²) >= 11 is 1.56. The van der Waals surface area contributed by atoms with Gasteiger partial charge in [-0.3, -0.25) is 10.1 Å². The predicted molar refractivity (Wildman–Crippen MR) is 62.2 cm³/mol.